The predicted octanol–water partition coefficient (Wildman–Crippen LogP) is 3.82. The van der Waals surface area contributed by atoms with E-state index in [1.54, 1.807) is 4.90 Å². The number of nitrogens with one attached hydrogen (secondary N) is 1. The van der Waals surface area contributed by atoms with Crippen molar-refractivity contribution in [2.45, 2.75) is 51.1 Å². The van der Waals surface area contributed by atoms with Gasteiger partial charge in [-0.25, -0.2) is 4.98 Å². The summed E-state index contributed by atoms with van der Waals surface area (Å²) in [6.45, 7) is 3.68. The van der Waals surface area contributed by atoms with Crippen molar-refractivity contribution in [2.24, 2.45) is 0 Å². The van der Waals surface area contributed by atoms with Crippen molar-refractivity contribution in [3.05, 3.63) is 47.0 Å². The van der Waals surface area contributed by atoms with Crippen molar-refractivity contribution in [3.63, 3.8) is 0 Å². The van der Waals surface area contributed by atoms with Crippen LogP contribution in [0.15, 0.2) is 35.7 Å². The molecule has 1 unspecified atom stereocenters. The van der Waals surface area contributed by atoms with Crippen molar-refractivity contribution < 1.29 is 9.59 Å². The molecule has 6 nitrogen and oxygen atoms in total. The van der Waals surface area contributed by atoms with Gasteiger partial charge in [0.1, 0.15) is 6.04 Å². The van der Waals surface area contributed by atoms with Crippen LogP contribution >= 0.6 is 11.3 Å². The van der Waals surface area contributed by atoms with Gasteiger partial charge in [0.05, 0.1) is 5.69 Å². The molecule has 154 valence electrons. The topological polar surface area (TPSA) is 65.5 Å². The first-order valence-corrected chi connectivity index (χ1v) is 11.4. The minimum atomic E-state index is -0.613. The standard InChI is InChI=1S/C22H28N4O2S/c27-19-11-5-8-14-26(19)20(17-9-3-1-4-10-17)21(28)24-22-23-18(16-29-22)15-25-12-6-2-7-13-25/h1,3-4,9-10,16,20H,2,5-8,11-15H2,(H,23,24,28). The Labute approximate surface area is 175 Å². The van der Waals surface area contributed by atoms with Crippen molar-refractivity contribution >= 4 is 28.3 Å². The third-order valence-electron chi connectivity index (χ3n) is 5.65. The van der Waals surface area contributed by atoms with Gasteiger partial charge in [0.25, 0.3) is 5.91 Å². The number of hydrogen-bond donors (Lipinski definition) is 1. The van der Waals surface area contributed by atoms with Crippen LogP contribution in [0.3, 0.4) is 0 Å². The molecule has 0 saturated carbocycles. The summed E-state index contributed by atoms with van der Waals surface area (Å²) in [5.74, 6) is -0.143. The second-order valence-electron chi connectivity index (χ2n) is 7.83. The molecule has 4 rings (SSSR count). The van der Waals surface area contributed by atoms with E-state index in [-0.39, 0.29) is 11.8 Å². The smallest absolute Gasteiger partial charge is 0.253 e. The van der Waals surface area contributed by atoms with E-state index < -0.39 is 6.04 Å². The van der Waals surface area contributed by atoms with E-state index in [9.17, 15) is 9.59 Å². The first-order valence-electron chi connectivity index (χ1n) is 10.5. The fourth-order valence-electron chi connectivity index (χ4n) is 4.17. The van der Waals surface area contributed by atoms with E-state index in [1.165, 1.54) is 30.6 Å². The Hall–Kier alpha value is -2.25. The summed E-state index contributed by atoms with van der Waals surface area (Å²) in [5.41, 5.74) is 1.84. The Kier molecular flexibility index (Phi) is 6.56. The molecule has 2 aliphatic rings. The van der Waals surface area contributed by atoms with Gasteiger partial charge in [0, 0.05) is 24.9 Å². The molecule has 2 saturated heterocycles. The number of anilines is 1. The maximum atomic E-state index is 13.2. The molecule has 2 aliphatic heterocycles. The van der Waals surface area contributed by atoms with E-state index >= 15 is 0 Å². The number of thiazole rings is 1. The highest BCUT2D eigenvalue weighted by Crippen LogP contribution is 2.28. The highest BCUT2D eigenvalue weighted by molar-refractivity contribution is 7.13. The van der Waals surface area contributed by atoms with E-state index in [0.29, 0.717) is 18.1 Å². The fraction of sp³-hybridized carbons (Fsp3) is 0.500. The lowest BCUT2D eigenvalue weighted by Gasteiger charge is -2.33. The van der Waals surface area contributed by atoms with Crippen LogP contribution in [-0.2, 0) is 16.1 Å². The molecule has 1 N–H and O–H groups in total. The number of carbonyl (C=O) groups excluding carboxylic acids is 2. The molecule has 1 atom stereocenters. The van der Waals surface area contributed by atoms with Crippen LogP contribution in [0, 0.1) is 0 Å². The number of nitrogens with zero attached hydrogens (tertiary/aromatic N) is 3. The molecule has 0 spiro atoms. The highest BCUT2D eigenvalue weighted by Gasteiger charge is 2.33. The molecule has 2 amide bonds. The average Bonchev–Trinajstić information content (AvgIpc) is 3.18. The molecule has 2 fully saturated rings. The molecule has 3 heterocycles. The van der Waals surface area contributed by atoms with Crippen molar-refractivity contribution in [3.8, 4) is 0 Å². The summed E-state index contributed by atoms with van der Waals surface area (Å²) < 4.78 is 0. The van der Waals surface area contributed by atoms with Gasteiger partial charge in [0.15, 0.2) is 5.13 Å². The molecule has 7 heteroatoms. The maximum Gasteiger partial charge on any atom is 0.253 e. The summed E-state index contributed by atoms with van der Waals surface area (Å²) in [7, 11) is 0. The Morgan fingerprint density at radius 2 is 1.83 bits per heavy atom. The van der Waals surface area contributed by atoms with Crippen LogP contribution in [0.1, 0.15) is 55.8 Å². The van der Waals surface area contributed by atoms with Crippen LogP contribution in [0.2, 0.25) is 0 Å². The molecule has 1 aromatic heterocycles. The summed E-state index contributed by atoms with van der Waals surface area (Å²) in [4.78, 5) is 34.5. The molecule has 0 bridgehead atoms. The summed E-state index contributed by atoms with van der Waals surface area (Å²) in [6.07, 6.45) is 6.13. The molecular weight excluding hydrogens is 384 g/mol. The van der Waals surface area contributed by atoms with E-state index in [2.05, 4.69) is 15.2 Å². The van der Waals surface area contributed by atoms with Gasteiger partial charge in [-0.2, -0.15) is 0 Å². The van der Waals surface area contributed by atoms with E-state index in [1.807, 2.05) is 35.7 Å². The molecular formula is C22H28N4O2S. The number of carbonyl (C=O) groups is 2. The number of amides is 2. The lowest BCUT2D eigenvalue weighted by molar-refractivity contribution is -0.141. The zero-order valence-corrected chi connectivity index (χ0v) is 17.5. The van der Waals surface area contributed by atoms with Crippen molar-refractivity contribution in [1.29, 1.82) is 0 Å². The van der Waals surface area contributed by atoms with Gasteiger partial charge in [-0.05, 0) is 44.3 Å². The number of likely N-dealkylation sites (tertiary alicyclic amines) is 2. The lowest BCUT2D eigenvalue weighted by Crippen LogP contribution is -2.43. The monoisotopic (exact) mass is 412 g/mol. The minimum Gasteiger partial charge on any atom is -0.327 e. The second kappa shape index (κ2) is 9.50. The molecule has 0 radical (unpaired) electrons. The third-order valence-corrected chi connectivity index (χ3v) is 6.46. The number of rotatable bonds is 6. The summed E-state index contributed by atoms with van der Waals surface area (Å²) >= 11 is 1.45. The Bertz CT molecular complexity index is 832. The molecule has 0 aliphatic carbocycles. The molecule has 2 aromatic rings. The van der Waals surface area contributed by atoms with Crippen LogP contribution in [0.5, 0.6) is 0 Å². The minimum absolute atomic E-state index is 0.0465. The van der Waals surface area contributed by atoms with Gasteiger partial charge < -0.3 is 4.90 Å². The lowest BCUT2D eigenvalue weighted by atomic mass is 10.0. The summed E-state index contributed by atoms with van der Waals surface area (Å²) in [6, 6.07) is 8.95. The third kappa shape index (κ3) is 5.03. The first-order chi connectivity index (χ1) is 14.2. The van der Waals surface area contributed by atoms with Gasteiger partial charge in [-0.3, -0.25) is 19.8 Å². The van der Waals surface area contributed by atoms with Crippen molar-refractivity contribution in [1.82, 2.24) is 14.8 Å². The normalized spacial score (nSPS) is 19.2. The number of hydrogen-bond acceptors (Lipinski definition) is 5. The number of benzene rings is 1. The van der Waals surface area contributed by atoms with Crippen LogP contribution in [-0.4, -0.2) is 46.2 Å². The fourth-order valence-corrected chi connectivity index (χ4v) is 4.87. The first kappa shape index (κ1) is 20.0. The van der Waals surface area contributed by atoms with E-state index in [4.69, 9.17) is 0 Å². The zero-order valence-electron chi connectivity index (χ0n) is 16.7. The molecule has 1 aromatic carbocycles. The van der Waals surface area contributed by atoms with Gasteiger partial charge in [0.2, 0.25) is 5.91 Å². The van der Waals surface area contributed by atoms with Gasteiger partial charge in [-0.1, -0.05) is 36.8 Å². The Balaban J connectivity index is 1.47. The van der Waals surface area contributed by atoms with Gasteiger partial charge in [-0.15, -0.1) is 11.3 Å². The number of piperidine rings is 2. The zero-order chi connectivity index (χ0) is 20.1. The Morgan fingerprint density at radius 3 is 2.59 bits per heavy atom. The van der Waals surface area contributed by atoms with E-state index in [0.717, 1.165) is 43.7 Å². The Morgan fingerprint density at radius 1 is 1.07 bits per heavy atom. The SMILES string of the molecule is O=C(Nc1nc(CN2CCCCC2)cs1)C(c1ccccc1)N1CCCCC1=O. The highest BCUT2D eigenvalue weighted by atomic mass is 32.1. The predicted molar refractivity (Wildman–Crippen MR) is 115 cm³/mol. The summed E-state index contributed by atoms with van der Waals surface area (Å²) in [5, 5.41) is 5.60. The van der Waals surface area contributed by atoms with Crippen LogP contribution < -0.4 is 5.32 Å². The second-order valence-corrected chi connectivity index (χ2v) is 8.69. The quantitative estimate of drug-likeness (QED) is 0.783. The van der Waals surface area contributed by atoms with Crippen molar-refractivity contribution in [2.75, 3.05) is 25.0 Å². The largest absolute Gasteiger partial charge is 0.327 e. The van der Waals surface area contributed by atoms with Crippen LogP contribution in [0.4, 0.5) is 5.13 Å². The number of aromatic nitrogens is 1. The van der Waals surface area contributed by atoms with Crippen LogP contribution in [0.25, 0.3) is 0 Å². The molecule has 29 heavy (non-hydrogen) atoms. The maximum absolute atomic E-state index is 13.2. The van der Waals surface area contributed by atoms with Gasteiger partial charge >= 0.3 is 0 Å². The average molecular weight is 413 g/mol.